The Kier molecular flexibility index (Phi) is 8.95. The van der Waals surface area contributed by atoms with E-state index in [2.05, 4.69) is 33.6 Å². The standard InChI is InChI=1S/C31H42F3N5O3/c1-20-18-38(30(4)8-10-37(11-9-30)29(40)27-21(2)35-19-36-22(27)3)12-13-39(20)28-25-7-6-24(31(32,33)34)16-23(25)17-26(28)42-15-14-41-5/h6-7,16,19-20,26,28H,8-15,17-18H2,1-5H3/t20-,26+,28?/m0/s1. The highest BCUT2D eigenvalue weighted by molar-refractivity contribution is 5.96. The van der Waals surface area contributed by atoms with Gasteiger partial charge in [-0.1, -0.05) is 6.07 Å². The molecule has 0 N–H and O–H groups in total. The maximum Gasteiger partial charge on any atom is 0.416 e. The zero-order chi connectivity index (χ0) is 30.2. The molecular weight excluding hydrogens is 547 g/mol. The zero-order valence-corrected chi connectivity index (χ0v) is 25.2. The number of alkyl halides is 3. The second-order valence-corrected chi connectivity index (χ2v) is 12.2. The fourth-order valence-corrected chi connectivity index (χ4v) is 7.04. The molecule has 3 atom stereocenters. The van der Waals surface area contributed by atoms with Crippen molar-refractivity contribution in [2.45, 2.75) is 76.9 Å². The van der Waals surface area contributed by atoms with Gasteiger partial charge in [-0.25, -0.2) is 9.97 Å². The molecule has 230 valence electrons. The first kappa shape index (κ1) is 30.8. The molecule has 5 rings (SSSR count). The SMILES string of the molecule is COCCO[C@@H]1Cc2cc(C(F)(F)F)ccc2C1N1CCN(C2(C)CCN(C(=O)c3c(C)ncnc3C)CC2)C[C@@H]1C. The van der Waals surface area contributed by atoms with Gasteiger partial charge in [-0.15, -0.1) is 0 Å². The fourth-order valence-electron chi connectivity index (χ4n) is 7.04. The number of carbonyl (C=O) groups is 1. The number of halogens is 3. The molecule has 2 fully saturated rings. The van der Waals surface area contributed by atoms with E-state index in [1.807, 2.05) is 18.7 Å². The van der Waals surface area contributed by atoms with Crippen LogP contribution in [0.5, 0.6) is 0 Å². The summed E-state index contributed by atoms with van der Waals surface area (Å²) in [6, 6.07) is 4.21. The number of nitrogens with zero attached hydrogens (tertiary/aromatic N) is 5. The molecule has 1 aromatic carbocycles. The highest BCUT2D eigenvalue weighted by Gasteiger charge is 2.45. The normalized spacial score (nSPS) is 25.0. The van der Waals surface area contributed by atoms with Gasteiger partial charge in [0.2, 0.25) is 0 Å². The number of benzene rings is 1. The second-order valence-electron chi connectivity index (χ2n) is 12.2. The van der Waals surface area contributed by atoms with Crippen molar-refractivity contribution in [2.24, 2.45) is 0 Å². The topological polar surface area (TPSA) is 71.0 Å². The number of rotatable bonds is 7. The Morgan fingerprint density at radius 1 is 1.07 bits per heavy atom. The molecular formula is C31H42F3N5O3. The first-order chi connectivity index (χ1) is 19.9. The molecule has 3 heterocycles. The van der Waals surface area contributed by atoms with Crippen LogP contribution in [-0.4, -0.2) is 101 Å². The summed E-state index contributed by atoms with van der Waals surface area (Å²) in [7, 11) is 1.61. The first-order valence-electron chi connectivity index (χ1n) is 14.8. The van der Waals surface area contributed by atoms with Gasteiger partial charge in [0.1, 0.15) is 6.33 Å². The highest BCUT2D eigenvalue weighted by Crippen LogP contribution is 2.43. The number of hydrogen-bond acceptors (Lipinski definition) is 7. The van der Waals surface area contributed by atoms with Crippen molar-refractivity contribution in [1.29, 1.82) is 0 Å². The van der Waals surface area contributed by atoms with Crippen molar-refractivity contribution in [3.8, 4) is 0 Å². The zero-order valence-electron chi connectivity index (χ0n) is 25.2. The van der Waals surface area contributed by atoms with Crippen molar-refractivity contribution in [3.63, 3.8) is 0 Å². The first-order valence-corrected chi connectivity index (χ1v) is 14.8. The Morgan fingerprint density at radius 2 is 1.76 bits per heavy atom. The maximum atomic E-state index is 13.5. The summed E-state index contributed by atoms with van der Waals surface area (Å²) in [4.78, 5) is 28.6. The minimum Gasteiger partial charge on any atom is -0.382 e. The van der Waals surface area contributed by atoms with Gasteiger partial charge in [-0.3, -0.25) is 14.6 Å². The summed E-state index contributed by atoms with van der Waals surface area (Å²) < 4.78 is 51.8. The molecule has 1 unspecified atom stereocenters. The van der Waals surface area contributed by atoms with Crippen LogP contribution in [0.2, 0.25) is 0 Å². The maximum absolute atomic E-state index is 13.5. The van der Waals surface area contributed by atoms with Gasteiger partial charge >= 0.3 is 6.18 Å². The smallest absolute Gasteiger partial charge is 0.382 e. The van der Waals surface area contributed by atoms with E-state index < -0.39 is 11.7 Å². The number of methoxy groups -OCH3 is 1. The van der Waals surface area contributed by atoms with E-state index in [9.17, 15) is 18.0 Å². The molecule has 42 heavy (non-hydrogen) atoms. The van der Waals surface area contributed by atoms with E-state index in [1.54, 1.807) is 13.2 Å². The van der Waals surface area contributed by atoms with Gasteiger partial charge in [-0.05, 0) is 63.8 Å². The van der Waals surface area contributed by atoms with Crippen LogP contribution in [0.1, 0.15) is 71.2 Å². The average Bonchev–Trinajstić information content (AvgIpc) is 3.30. The Hall–Kier alpha value is -2.60. The molecule has 0 bridgehead atoms. The largest absolute Gasteiger partial charge is 0.416 e. The molecule has 0 saturated carbocycles. The monoisotopic (exact) mass is 589 g/mol. The Labute approximate surface area is 246 Å². The number of ether oxygens (including phenoxy) is 2. The van der Waals surface area contributed by atoms with Crippen LogP contribution in [-0.2, 0) is 22.1 Å². The predicted octanol–water partition coefficient (Wildman–Crippen LogP) is 4.44. The number of fused-ring (bicyclic) bond motifs is 1. The average molecular weight is 590 g/mol. The van der Waals surface area contributed by atoms with E-state index in [0.717, 1.165) is 38.0 Å². The van der Waals surface area contributed by atoms with Crippen LogP contribution in [0.4, 0.5) is 13.2 Å². The number of carbonyl (C=O) groups excluding carboxylic acids is 1. The van der Waals surface area contributed by atoms with E-state index >= 15 is 0 Å². The molecule has 2 aromatic rings. The van der Waals surface area contributed by atoms with E-state index in [-0.39, 0.29) is 29.6 Å². The van der Waals surface area contributed by atoms with Crippen LogP contribution >= 0.6 is 0 Å². The van der Waals surface area contributed by atoms with Crippen molar-refractivity contribution >= 4 is 5.91 Å². The summed E-state index contributed by atoms with van der Waals surface area (Å²) in [5.74, 6) is -0.000989. The van der Waals surface area contributed by atoms with E-state index in [4.69, 9.17) is 9.47 Å². The molecule has 0 spiro atoms. The minimum absolute atomic E-state index is 0.000989. The summed E-state index contributed by atoms with van der Waals surface area (Å²) in [6.45, 7) is 12.8. The lowest BCUT2D eigenvalue weighted by atomic mass is 9.86. The van der Waals surface area contributed by atoms with Crippen LogP contribution < -0.4 is 0 Å². The lowest BCUT2D eigenvalue weighted by Gasteiger charge is -2.53. The third-order valence-corrected chi connectivity index (χ3v) is 9.55. The van der Waals surface area contributed by atoms with Gasteiger partial charge in [0, 0.05) is 57.8 Å². The quantitative estimate of drug-likeness (QED) is 0.443. The van der Waals surface area contributed by atoms with E-state index in [0.29, 0.717) is 55.2 Å². The van der Waals surface area contributed by atoms with Crippen molar-refractivity contribution in [3.05, 3.63) is 58.2 Å². The van der Waals surface area contributed by atoms with Gasteiger partial charge in [0.25, 0.3) is 5.91 Å². The molecule has 1 aliphatic carbocycles. The van der Waals surface area contributed by atoms with Gasteiger partial charge in [0.15, 0.2) is 0 Å². The molecule has 2 saturated heterocycles. The third-order valence-electron chi connectivity index (χ3n) is 9.55. The highest BCUT2D eigenvalue weighted by atomic mass is 19.4. The lowest BCUT2D eigenvalue weighted by molar-refractivity contribution is -0.137. The Balaban J connectivity index is 1.27. The molecule has 11 heteroatoms. The van der Waals surface area contributed by atoms with Crippen molar-refractivity contribution in [1.82, 2.24) is 24.7 Å². The summed E-state index contributed by atoms with van der Waals surface area (Å²) >= 11 is 0. The number of piperazine rings is 1. The van der Waals surface area contributed by atoms with Crippen molar-refractivity contribution < 1.29 is 27.4 Å². The minimum atomic E-state index is -4.37. The van der Waals surface area contributed by atoms with Gasteiger partial charge in [0.05, 0.1) is 47.9 Å². The van der Waals surface area contributed by atoms with Crippen LogP contribution in [0.15, 0.2) is 24.5 Å². The molecule has 0 radical (unpaired) electrons. The van der Waals surface area contributed by atoms with Crippen LogP contribution in [0.3, 0.4) is 0 Å². The number of amides is 1. The number of likely N-dealkylation sites (tertiary alicyclic amines) is 1. The summed E-state index contributed by atoms with van der Waals surface area (Å²) in [5.41, 5.74) is 3.00. The van der Waals surface area contributed by atoms with Gasteiger partial charge < -0.3 is 14.4 Å². The third kappa shape index (κ3) is 6.06. The lowest BCUT2D eigenvalue weighted by Crippen LogP contribution is -2.62. The van der Waals surface area contributed by atoms with Crippen LogP contribution in [0, 0.1) is 13.8 Å². The molecule has 1 aromatic heterocycles. The summed E-state index contributed by atoms with van der Waals surface area (Å²) in [5, 5.41) is 0. The number of hydrogen-bond donors (Lipinski definition) is 0. The predicted molar refractivity (Wildman–Crippen MR) is 152 cm³/mol. The summed E-state index contributed by atoms with van der Waals surface area (Å²) in [6.07, 6.45) is -0.924. The molecule has 8 nitrogen and oxygen atoms in total. The Morgan fingerprint density at radius 3 is 2.38 bits per heavy atom. The second kappa shape index (κ2) is 12.2. The number of piperidine rings is 1. The van der Waals surface area contributed by atoms with Crippen molar-refractivity contribution in [2.75, 3.05) is 53.0 Å². The van der Waals surface area contributed by atoms with Crippen LogP contribution in [0.25, 0.3) is 0 Å². The molecule has 2 aliphatic heterocycles. The van der Waals surface area contributed by atoms with Gasteiger partial charge in [-0.2, -0.15) is 13.2 Å². The molecule has 3 aliphatic rings. The molecule has 1 amide bonds. The Bertz CT molecular complexity index is 1260. The number of aryl methyl sites for hydroxylation is 2. The van der Waals surface area contributed by atoms with E-state index in [1.165, 1.54) is 18.5 Å². The number of aromatic nitrogens is 2. The fraction of sp³-hybridized carbons (Fsp3) is 0.645.